The standard InChI is InChI=1S/C31H43N3O/c1-3-4-5-16-31(17-8-9-18-31)25-10-11-27(34-29(35)28-32-22-23(2)33-28)26(21-25)24-12-19-30(20-13-24)14-6-7-15-30/h10-12,21-22H,3-9,13-20H2,1-2H3,(H,32,33)(H,34,35). The van der Waals surface area contributed by atoms with E-state index < -0.39 is 0 Å². The monoisotopic (exact) mass is 473 g/mol. The van der Waals surface area contributed by atoms with Gasteiger partial charge in [0.15, 0.2) is 5.82 Å². The van der Waals surface area contributed by atoms with E-state index in [4.69, 9.17) is 0 Å². The number of carbonyl (C=O) groups is 1. The molecule has 0 atom stereocenters. The van der Waals surface area contributed by atoms with E-state index in [-0.39, 0.29) is 5.91 Å². The maximum Gasteiger partial charge on any atom is 0.291 e. The van der Waals surface area contributed by atoms with Crippen molar-refractivity contribution in [2.24, 2.45) is 5.41 Å². The summed E-state index contributed by atoms with van der Waals surface area (Å²) in [6.45, 7) is 4.22. The van der Waals surface area contributed by atoms with Gasteiger partial charge in [-0.25, -0.2) is 4.98 Å². The minimum absolute atomic E-state index is 0.158. The highest BCUT2D eigenvalue weighted by Crippen LogP contribution is 2.51. The van der Waals surface area contributed by atoms with Crippen LogP contribution in [0, 0.1) is 12.3 Å². The molecule has 0 radical (unpaired) electrons. The van der Waals surface area contributed by atoms with Crippen LogP contribution in [0.4, 0.5) is 5.69 Å². The third kappa shape index (κ3) is 5.13. The first-order valence-corrected chi connectivity index (χ1v) is 14.2. The summed E-state index contributed by atoms with van der Waals surface area (Å²) in [5, 5.41) is 3.21. The second-order valence-electron chi connectivity index (χ2n) is 11.7. The van der Waals surface area contributed by atoms with Crippen LogP contribution < -0.4 is 5.32 Å². The number of aromatic amines is 1. The molecule has 0 saturated heterocycles. The number of hydrogen-bond donors (Lipinski definition) is 2. The Hall–Kier alpha value is -2.36. The highest BCUT2D eigenvalue weighted by atomic mass is 16.2. The number of nitrogens with one attached hydrogen (secondary N) is 2. The topological polar surface area (TPSA) is 57.8 Å². The number of anilines is 1. The smallest absolute Gasteiger partial charge is 0.291 e. The summed E-state index contributed by atoms with van der Waals surface area (Å²) in [4.78, 5) is 20.4. The summed E-state index contributed by atoms with van der Waals surface area (Å²) < 4.78 is 0. The Bertz CT molecular complexity index is 1070. The number of unbranched alkanes of at least 4 members (excludes halogenated alkanes) is 2. The van der Waals surface area contributed by atoms with Crippen molar-refractivity contribution >= 4 is 17.2 Å². The molecule has 1 heterocycles. The van der Waals surface area contributed by atoms with E-state index in [0.29, 0.717) is 16.7 Å². The Labute approximate surface area is 211 Å². The van der Waals surface area contributed by atoms with Gasteiger partial charge in [0.1, 0.15) is 0 Å². The van der Waals surface area contributed by atoms with Crippen molar-refractivity contribution in [1.29, 1.82) is 0 Å². The highest BCUT2D eigenvalue weighted by molar-refractivity contribution is 6.03. The van der Waals surface area contributed by atoms with Gasteiger partial charge in [0.05, 0.1) is 0 Å². The number of carbonyl (C=O) groups excluding carboxylic acids is 1. The molecule has 4 heteroatoms. The minimum atomic E-state index is -0.158. The van der Waals surface area contributed by atoms with Crippen LogP contribution in [0.1, 0.15) is 131 Å². The summed E-state index contributed by atoms with van der Waals surface area (Å²) in [5.74, 6) is 0.223. The molecule has 0 unspecified atom stereocenters. The van der Waals surface area contributed by atoms with Crippen LogP contribution in [0.25, 0.3) is 5.57 Å². The SMILES string of the molecule is CCCCCC1(c2ccc(NC(=O)c3ncc(C)[nH]3)c(C3=CCC4(CCCC4)CC3)c2)CCCC1. The van der Waals surface area contributed by atoms with Gasteiger partial charge < -0.3 is 10.3 Å². The normalized spacial score (nSPS) is 20.8. The van der Waals surface area contributed by atoms with Gasteiger partial charge in [0.2, 0.25) is 0 Å². The molecule has 1 amide bonds. The lowest BCUT2D eigenvalue weighted by Crippen LogP contribution is -2.23. The quantitative estimate of drug-likeness (QED) is 0.378. The van der Waals surface area contributed by atoms with Crippen LogP contribution in [0.2, 0.25) is 0 Å². The van der Waals surface area contributed by atoms with Crippen LogP contribution >= 0.6 is 0 Å². The predicted molar refractivity (Wildman–Crippen MR) is 145 cm³/mol. The maximum atomic E-state index is 13.0. The molecule has 1 aromatic carbocycles. The lowest BCUT2D eigenvalue weighted by molar-refractivity contribution is 0.101. The average Bonchev–Trinajstić information content (AvgIpc) is 3.63. The maximum absolute atomic E-state index is 13.0. The van der Waals surface area contributed by atoms with E-state index in [0.717, 1.165) is 17.8 Å². The zero-order chi connectivity index (χ0) is 24.3. The number of allylic oxidation sites excluding steroid dienone is 2. The number of benzene rings is 1. The minimum Gasteiger partial charge on any atom is -0.338 e. The van der Waals surface area contributed by atoms with Crippen molar-refractivity contribution in [2.45, 2.75) is 116 Å². The zero-order valence-electron chi connectivity index (χ0n) is 21.8. The van der Waals surface area contributed by atoms with Gasteiger partial charge >= 0.3 is 0 Å². The molecule has 1 spiro atoms. The number of H-pyrrole nitrogens is 1. The van der Waals surface area contributed by atoms with Gasteiger partial charge in [-0.2, -0.15) is 0 Å². The number of nitrogens with zero attached hydrogens (tertiary/aromatic N) is 1. The Morgan fingerprint density at radius 2 is 1.83 bits per heavy atom. The first kappa shape index (κ1) is 24.3. The van der Waals surface area contributed by atoms with E-state index in [1.807, 2.05) is 6.92 Å². The number of hydrogen-bond acceptors (Lipinski definition) is 2. The molecule has 2 saturated carbocycles. The van der Waals surface area contributed by atoms with Crippen LogP contribution in [0.5, 0.6) is 0 Å². The van der Waals surface area contributed by atoms with Gasteiger partial charge in [-0.3, -0.25) is 4.79 Å². The number of amides is 1. The molecular formula is C31H43N3O. The molecule has 4 nitrogen and oxygen atoms in total. The molecule has 2 N–H and O–H groups in total. The molecule has 2 fully saturated rings. The number of aryl methyl sites for hydroxylation is 1. The number of imidazole rings is 1. The van der Waals surface area contributed by atoms with E-state index in [9.17, 15) is 4.79 Å². The third-order valence-corrected chi connectivity index (χ3v) is 9.33. The zero-order valence-corrected chi connectivity index (χ0v) is 21.8. The second kappa shape index (κ2) is 10.3. The molecule has 1 aromatic heterocycles. The Balaban J connectivity index is 1.48. The summed E-state index contributed by atoms with van der Waals surface area (Å²) in [7, 11) is 0. The summed E-state index contributed by atoms with van der Waals surface area (Å²) >= 11 is 0. The van der Waals surface area contributed by atoms with E-state index in [1.165, 1.54) is 107 Å². The predicted octanol–water partition coefficient (Wildman–Crippen LogP) is 8.49. The summed E-state index contributed by atoms with van der Waals surface area (Å²) in [6, 6.07) is 6.95. The van der Waals surface area contributed by atoms with Crippen LogP contribution in [0.15, 0.2) is 30.5 Å². The van der Waals surface area contributed by atoms with E-state index in [1.54, 1.807) is 6.20 Å². The van der Waals surface area contributed by atoms with E-state index in [2.05, 4.69) is 46.5 Å². The lowest BCUT2D eigenvalue weighted by Gasteiger charge is -2.34. The second-order valence-corrected chi connectivity index (χ2v) is 11.7. The molecular weight excluding hydrogens is 430 g/mol. The molecule has 35 heavy (non-hydrogen) atoms. The number of rotatable bonds is 8. The molecule has 0 aliphatic heterocycles. The molecule has 0 bridgehead atoms. The highest BCUT2D eigenvalue weighted by Gasteiger charge is 2.37. The van der Waals surface area contributed by atoms with Gasteiger partial charge in [-0.05, 0) is 92.4 Å². The van der Waals surface area contributed by atoms with Crippen molar-refractivity contribution in [3.8, 4) is 0 Å². The van der Waals surface area contributed by atoms with Crippen molar-refractivity contribution in [3.05, 3.63) is 53.1 Å². The fraction of sp³-hybridized carbons (Fsp3) is 0.613. The molecule has 2 aromatic rings. The largest absolute Gasteiger partial charge is 0.338 e. The summed E-state index contributed by atoms with van der Waals surface area (Å²) in [6.07, 6.45) is 23.9. The summed E-state index contributed by atoms with van der Waals surface area (Å²) in [5.41, 5.74) is 6.86. The van der Waals surface area contributed by atoms with Crippen molar-refractivity contribution in [3.63, 3.8) is 0 Å². The van der Waals surface area contributed by atoms with Crippen LogP contribution in [-0.2, 0) is 5.41 Å². The van der Waals surface area contributed by atoms with Crippen molar-refractivity contribution in [2.75, 3.05) is 5.32 Å². The average molecular weight is 474 g/mol. The lowest BCUT2D eigenvalue weighted by atomic mass is 9.71. The van der Waals surface area contributed by atoms with Crippen LogP contribution in [-0.4, -0.2) is 15.9 Å². The van der Waals surface area contributed by atoms with Gasteiger partial charge in [0, 0.05) is 23.1 Å². The first-order valence-electron chi connectivity index (χ1n) is 14.2. The van der Waals surface area contributed by atoms with E-state index >= 15 is 0 Å². The third-order valence-electron chi connectivity index (χ3n) is 9.33. The molecule has 188 valence electrons. The molecule has 3 aliphatic carbocycles. The van der Waals surface area contributed by atoms with Crippen molar-refractivity contribution < 1.29 is 4.79 Å². The number of aromatic nitrogens is 2. The molecule has 3 aliphatic rings. The Kier molecular flexibility index (Phi) is 7.18. The van der Waals surface area contributed by atoms with Gasteiger partial charge in [0.25, 0.3) is 5.91 Å². The molecule has 5 rings (SSSR count). The Morgan fingerprint density at radius 1 is 1.06 bits per heavy atom. The fourth-order valence-electron chi connectivity index (χ4n) is 7.17. The van der Waals surface area contributed by atoms with Crippen LogP contribution in [0.3, 0.4) is 0 Å². The Morgan fingerprint density at radius 3 is 2.49 bits per heavy atom. The fourth-order valence-corrected chi connectivity index (χ4v) is 7.17. The van der Waals surface area contributed by atoms with Gasteiger partial charge in [-0.15, -0.1) is 0 Å². The van der Waals surface area contributed by atoms with Gasteiger partial charge in [-0.1, -0.05) is 64.0 Å². The van der Waals surface area contributed by atoms with Crippen molar-refractivity contribution in [1.82, 2.24) is 9.97 Å². The first-order chi connectivity index (χ1) is 17.0.